The summed E-state index contributed by atoms with van der Waals surface area (Å²) in [4.78, 5) is 2.27. The standard InChI is InChI=1S/C13H17BrClNO2/c1-17-12-7-16(8-13(12)18-2)11-5-3-4-10(15)9(11)6-14/h3-5,12-13H,6-8H2,1-2H3. The van der Waals surface area contributed by atoms with Gasteiger partial charge in [-0.05, 0) is 12.1 Å². The normalized spacial score (nSPS) is 23.7. The Labute approximate surface area is 121 Å². The minimum absolute atomic E-state index is 0.108. The molecule has 1 aromatic carbocycles. The monoisotopic (exact) mass is 333 g/mol. The Morgan fingerprint density at radius 1 is 1.28 bits per heavy atom. The van der Waals surface area contributed by atoms with Crippen LogP contribution in [0.2, 0.25) is 5.02 Å². The van der Waals surface area contributed by atoms with Crippen molar-refractivity contribution in [2.75, 3.05) is 32.2 Å². The maximum Gasteiger partial charge on any atom is 0.102 e. The van der Waals surface area contributed by atoms with E-state index in [9.17, 15) is 0 Å². The van der Waals surface area contributed by atoms with Gasteiger partial charge in [-0.3, -0.25) is 0 Å². The molecule has 0 amide bonds. The number of benzene rings is 1. The summed E-state index contributed by atoms with van der Waals surface area (Å²) in [7, 11) is 3.45. The lowest BCUT2D eigenvalue weighted by Gasteiger charge is -2.21. The first-order valence-electron chi connectivity index (χ1n) is 5.85. The average molecular weight is 335 g/mol. The van der Waals surface area contributed by atoms with Gasteiger partial charge in [-0.25, -0.2) is 0 Å². The smallest absolute Gasteiger partial charge is 0.102 e. The molecule has 0 spiro atoms. The molecule has 0 aromatic heterocycles. The molecule has 2 unspecified atom stereocenters. The predicted octanol–water partition coefficient (Wildman–Crippen LogP) is 3.08. The number of hydrogen-bond donors (Lipinski definition) is 0. The average Bonchev–Trinajstić information content (AvgIpc) is 2.81. The van der Waals surface area contributed by atoms with Gasteiger partial charge in [-0.15, -0.1) is 0 Å². The summed E-state index contributed by atoms with van der Waals surface area (Å²) < 4.78 is 10.9. The molecule has 3 nitrogen and oxygen atoms in total. The molecule has 0 N–H and O–H groups in total. The van der Waals surface area contributed by atoms with Crippen LogP contribution in [0.15, 0.2) is 18.2 Å². The molecule has 1 heterocycles. The zero-order chi connectivity index (χ0) is 13.1. The topological polar surface area (TPSA) is 21.7 Å². The summed E-state index contributed by atoms with van der Waals surface area (Å²) in [6, 6.07) is 5.98. The number of halogens is 2. The van der Waals surface area contributed by atoms with E-state index in [4.69, 9.17) is 21.1 Å². The Hall–Kier alpha value is -0.290. The highest BCUT2D eigenvalue weighted by atomic mass is 79.9. The maximum atomic E-state index is 6.23. The van der Waals surface area contributed by atoms with Crippen LogP contribution in [0.4, 0.5) is 5.69 Å². The zero-order valence-corrected chi connectivity index (χ0v) is 12.9. The lowest BCUT2D eigenvalue weighted by Crippen LogP contribution is -2.27. The van der Waals surface area contributed by atoms with Crippen LogP contribution in [0.1, 0.15) is 5.56 Å². The van der Waals surface area contributed by atoms with Crippen molar-refractivity contribution in [3.05, 3.63) is 28.8 Å². The predicted molar refractivity (Wildman–Crippen MR) is 77.9 cm³/mol. The van der Waals surface area contributed by atoms with E-state index >= 15 is 0 Å². The van der Waals surface area contributed by atoms with Gasteiger partial charge in [0, 0.05) is 48.9 Å². The van der Waals surface area contributed by atoms with E-state index in [1.54, 1.807) is 14.2 Å². The van der Waals surface area contributed by atoms with Gasteiger partial charge in [-0.1, -0.05) is 33.6 Å². The van der Waals surface area contributed by atoms with E-state index in [1.807, 2.05) is 12.1 Å². The van der Waals surface area contributed by atoms with Crippen LogP contribution in [0, 0.1) is 0 Å². The number of hydrogen-bond acceptors (Lipinski definition) is 3. The Kier molecular flexibility index (Phi) is 4.90. The highest BCUT2D eigenvalue weighted by Gasteiger charge is 2.33. The number of rotatable bonds is 4. The Balaban J connectivity index is 2.25. The van der Waals surface area contributed by atoms with Gasteiger partial charge in [0.15, 0.2) is 0 Å². The minimum Gasteiger partial charge on any atom is -0.377 e. The molecule has 2 rings (SSSR count). The van der Waals surface area contributed by atoms with Gasteiger partial charge in [0.1, 0.15) is 12.2 Å². The fraction of sp³-hybridized carbons (Fsp3) is 0.538. The summed E-state index contributed by atoms with van der Waals surface area (Å²) in [6.07, 6.45) is 0.217. The molecule has 1 aromatic rings. The van der Waals surface area contributed by atoms with Crippen LogP contribution in [0.3, 0.4) is 0 Å². The van der Waals surface area contributed by atoms with Crippen molar-refractivity contribution < 1.29 is 9.47 Å². The number of anilines is 1. The van der Waals surface area contributed by atoms with Gasteiger partial charge in [0.2, 0.25) is 0 Å². The quantitative estimate of drug-likeness (QED) is 0.790. The van der Waals surface area contributed by atoms with Crippen molar-refractivity contribution in [2.45, 2.75) is 17.5 Å². The molecule has 100 valence electrons. The van der Waals surface area contributed by atoms with Gasteiger partial charge in [0.05, 0.1) is 0 Å². The van der Waals surface area contributed by atoms with Gasteiger partial charge in [0.25, 0.3) is 0 Å². The molecule has 1 aliphatic rings. The summed E-state index contributed by atoms with van der Waals surface area (Å²) in [5.74, 6) is 0. The molecule has 0 radical (unpaired) electrons. The van der Waals surface area contributed by atoms with Crippen molar-refractivity contribution in [3.8, 4) is 0 Å². The van der Waals surface area contributed by atoms with Gasteiger partial charge < -0.3 is 14.4 Å². The lowest BCUT2D eigenvalue weighted by atomic mass is 10.2. The molecule has 2 atom stereocenters. The van der Waals surface area contributed by atoms with E-state index < -0.39 is 0 Å². The van der Waals surface area contributed by atoms with Gasteiger partial charge in [-0.2, -0.15) is 0 Å². The molecule has 0 aliphatic carbocycles. The molecular weight excluding hydrogens is 318 g/mol. The molecule has 1 aliphatic heterocycles. The van der Waals surface area contributed by atoms with Crippen LogP contribution in [0.5, 0.6) is 0 Å². The van der Waals surface area contributed by atoms with E-state index in [2.05, 4.69) is 26.9 Å². The SMILES string of the molecule is COC1CN(c2cccc(Cl)c2CBr)CC1OC. The number of nitrogens with zero attached hydrogens (tertiary/aromatic N) is 1. The van der Waals surface area contributed by atoms with E-state index in [-0.39, 0.29) is 12.2 Å². The van der Waals surface area contributed by atoms with Crippen LogP contribution < -0.4 is 4.90 Å². The summed E-state index contributed by atoms with van der Waals surface area (Å²) in [5.41, 5.74) is 2.27. The summed E-state index contributed by atoms with van der Waals surface area (Å²) >= 11 is 9.73. The first-order chi connectivity index (χ1) is 8.71. The first kappa shape index (κ1) is 14.1. The minimum atomic E-state index is 0.108. The fourth-order valence-corrected chi connectivity index (χ4v) is 3.36. The van der Waals surface area contributed by atoms with Crippen molar-refractivity contribution in [2.24, 2.45) is 0 Å². The van der Waals surface area contributed by atoms with Crippen molar-refractivity contribution in [1.29, 1.82) is 0 Å². The lowest BCUT2D eigenvalue weighted by molar-refractivity contribution is -0.00461. The Morgan fingerprint density at radius 3 is 2.39 bits per heavy atom. The van der Waals surface area contributed by atoms with Crippen LogP contribution in [-0.2, 0) is 14.8 Å². The molecule has 0 bridgehead atoms. The molecule has 5 heteroatoms. The fourth-order valence-electron chi connectivity index (χ4n) is 2.37. The zero-order valence-electron chi connectivity index (χ0n) is 10.5. The second kappa shape index (κ2) is 6.24. The van der Waals surface area contributed by atoms with Crippen LogP contribution >= 0.6 is 27.5 Å². The number of methoxy groups -OCH3 is 2. The second-order valence-electron chi connectivity index (χ2n) is 4.32. The first-order valence-corrected chi connectivity index (χ1v) is 7.35. The van der Waals surface area contributed by atoms with E-state index in [0.717, 1.165) is 34.7 Å². The van der Waals surface area contributed by atoms with Crippen molar-refractivity contribution >= 4 is 33.2 Å². The number of alkyl halides is 1. The maximum absolute atomic E-state index is 6.23. The molecular formula is C13H17BrClNO2. The van der Waals surface area contributed by atoms with Crippen molar-refractivity contribution in [1.82, 2.24) is 0 Å². The molecule has 1 saturated heterocycles. The molecule has 0 saturated carbocycles. The van der Waals surface area contributed by atoms with Gasteiger partial charge >= 0.3 is 0 Å². The third-order valence-corrected chi connectivity index (χ3v) is 4.30. The third-order valence-electron chi connectivity index (χ3n) is 3.39. The largest absolute Gasteiger partial charge is 0.377 e. The van der Waals surface area contributed by atoms with Crippen molar-refractivity contribution in [3.63, 3.8) is 0 Å². The Bertz CT molecular complexity index is 404. The van der Waals surface area contributed by atoms with E-state index in [0.29, 0.717) is 0 Å². The second-order valence-corrected chi connectivity index (χ2v) is 5.29. The summed E-state index contributed by atoms with van der Waals surface area (Å²) in [6.45, 7) is 1.66. The van der Waals surface area contributed by atoms with E-state index in [1.165, 1.54) is 0 Å². The molecule has 1 fully saturated rings. The summed E-state index contributed by atoms with van der Waals surface area (Å²) in [5, 5.41) is 1.53. The van der Waals surface area contributed by atoms with Crippen LogP contribution in [0.25, 0.3) is 0 Å². The number of ether oxygens (including phenoxy) is 2. The van der Waals surface area contributed by atoms with Crippen LogP contribution in [-0.4, -0.2) is 39.5 Å². The Morgan fingerprint density at radius 2 is 1.89 bits per heavy atom. The highest BCUT2D eigenvalue weighted by molar-refractivity contribution is 9.08. The molecule has 18 heavy (non-hydrogen) atoms. The highest BCUT2D eigenvalue weighted by Crippen LogP contribution is 2.32. The third kappa shape index (κ3) is 2.67.